The minimum atomic E-state index is -0.0230. The van der Waals surface area contributed by atoms with Gasteiger partial charge < -0.3 is 15.2 Å². The summed E-state index contributed by atoms with van der Waals surface area (Å²) in [5, 5.41) is 3.63. The molecule has 114 valence electrons. The number of likely N-dealkylation sites (tertiary alicyclic amines) is 1. The molecule has 0 bridgehead atoms. The molecule has 1 amide bonds. The van der Waals surface area contributed by atoms with E-state index in [1.807, 2.05) is 11.0 Å². The van der Waals surface area contributed by atoms with Crippen LogP contribution in [0.5, 0.6) is 0 Å². The molecule has 1 aliphatic carbocycles. The van der Waals surface area contributed by atoms with Gasteiger partial charge in [0.2, 0.25) is 11.5 Å². The van der Waals surface area contributed by atoms with Gasteiger partial charge in [-0.15, -0.1) is 0 Å². The predicted molar refractivity (Wildman–Crippen MR) is 81.2 cm³/mol. The summed E-state index contributed by atoms with van der Waals surface area (Å²) in [7, 11) is 0. The van der Waals surface area contributed by atoms with Crippen LogP contribution >= 0.6 is 0 Å². The highest BCUT2D eigenvalue weighted by Crippen LogP contribution is 2.28. The lowest BCUT2D eigenvalue weighted by Gasteiger charge is -2.30. The summed E-state index contributed by atoms with van der Waals surface area (Å²) in [5.41, 5.74) is 2.25. The maximum Gasteiger partial charge on any atom is 0.248 e. The summed E-state index contributed by atoms with van der Waals surface area (Å²) in [6.45, 7) is 3.79. The third-order valence-corrected chi connectivity index (χ3v) is 4.48. The molecule has 1 aromatic heterocycles. The van der Waals surface area contributed by atoms with E-state index >= 15 is 0 Å². The summed E-state index contributed by atoms with van der Waals surface area (Å²) in [4.78, 5) is 28.0. The first-order chi connectivity index (χ1) is 10.1. The zero-order chi connectivity index (χ0) is 14.8. The van der Waals surface area contributed by atoms with E-state index in [1.54, 1.807) is 6.07 Å². The number of aromatic amines is 1. The number of rotatable bonds is 4. The molecule has 2 N–H and O–H groups in total. The highest BCUT2D eigenvalue weighted by molar-refractivity contribution is 5.78. The van der Waals surface area contributed by atoms with Crippen molar-refractivity contribution < 1.29 is 4.79 Å². The van der Waals surface area contributed by atoms with E-state index < -0.39 is 0 Å². The van der Waals surface area contributed by atoms with Crippen molar-refractivity contribution in [2.45, 2.75) is 51.1 Å². The van der Waals surface area contributed by atoms with Crippen LogP contribution in [0.3, 0.4) is 0 Å². The molecule has 0 radical (unpaired) electrons. The quantitative estimate of drug-likeness (QED) is 0.879. The van der Waals surface area contributed by atoms with Gasteiger partial charge in [-0.25, -0.2) is 0 Å². The number of amides is 1. The molecular weight excluding hydrogens is 266 g/mol. The smallest absolute Gasteiger partial charge is 0.248 e. The Morgan fingerprint density at radius 3 is 2.95 bits per heavy atom. The van der Waals surface area contributed by atoms with Gasteiger partial charge in [0.15, 0.2) is 0 Å². The molecule has 2 unspecified atom stereocenters. The molecule has 21 heavy (non-hydrogen) atoms. The molecule has 2 aliphatic rings. The Morgan fingerprint density at radius 2 is 2.19 bits per heavy atom. The largest absolute Gasteiger partial charge is 0.341 e. The van der Waals surface area contributed by atoms with E-state index in [0.29, 0.717) is 6.42 Å². The van der Waals surface area contributed by atoms with Crippen LogP contribution in [0.2, 0.25) is 0 Å². The summed E-state index contributed by atoms with van der Waals surface area (Å²) in [6.07, 6.45) is 4.79. The molecule has 0 aromatic carbocycles. The number of nitrogens with zero attached hydrogens (tertiary/aromatic N) is 1. The van der Waals surface area contributed by atoms with Gasteiger partial charge in [-0.2, -0.15) is 0 Å². The van der Waals surface area contributed by atoms with E-state index in [0.717, 1.165) is 44.5 Å². The normalized spacial score (nSPS) is 23.2. The molecule has 1 saturated heterocycles. The summed E-state index contributed by atoms with van der Waals surface area (Å²) >= 11 is 0. The molecule has 1 aliphatic heterocycles. The number of H-pyrrole nitrogens is 1. The third kappa shape index (κ3) is 3.18. The predicted octanol–water partition coefficient (Wildman–Crippen LogP) is 1.35. The van der Waals surface area contributed by atoms with Crippen LogP contribution < -0.4 is 10.9 Å². The third-order valence-electron chi connectivity index (χ3n) is 4.48. The Kier molecular flexibility index (Phi) is 4.10. The van der Waals surface area contributed by atoms with Gasteiger partial charge in [-0.05, 0) is 38.2 Å². The number of hydrogen-bond donors (Lipinski definition) is 2. The van der Waals surface area contributed by atoms with Crippen molar-refractivity contribution in [1.29, 1.82) is 0 Å². The molecule has 0 spiro atoms. The number of aromatic nitrogens is 1. The van der Waals surface area contributed by atoms with Crippen LogP contribution in [0.1, 0.15) is 49.9 Å². The summed E-state index contributed by atoms with van der Waals surface area (Å²) in [6, 6.07) is 4.08. The molecule has 2 heterocycles. The van der Waals surface area contributed by atoms with Crippen LogP contribution in [-0.4, -0.2) is 34.9 Å². The summed E-state index contributed by atoms with van der Waals surface area (Å²) < 4.78 is 0. The lowest BCUT2D eigenvalue weighted by molar-refractivity contribution is -0.128. The molecular formula is C16H23N3O2. The Bertz CT molecular complexity index is 581. The van der Waals surface area contributed by atoms with Crippen molar-refractivity contribution in [2.75, 3.05) is 13.1 Å². The maximum absolute atomic E-state index is 11.7. The van der Waals surface area contributed by atoms with Crippen LogP contribution in [0, 0.1) is 0 Å². The minimum absolute atomic E-state index is 0.0230. The van der Waals surface area contributed by atoms with E-state index in [1.165, 1.54) is 5.56 Å². The molecule has 2 atom stereocenters. The monoisotopic (exact) mass is 289 g/mol. The average molecular weight is 289 g/mol. The second kappa shape index (κ2) is 6.02. The molecule has 1 fully saturated rings. The first kappa shape index (κ1) is 14.3. The molecule has 5 nitrogen and oxygen atoms in total. The molecule has 1 aromatic rings. The fourth-order valence-electron chi connectivity index (χ4n) is 3.50. The second-order valence-corrected chi connectivity index (χ2v) is 6.21. The van der Waals surface area contributed by atoms with Gasteiger partial charge in [0, 0.05) is 43.4 Å². The Labute approximate surface area is 124 Å². The van der Waals surface area contributed by atoms with Gasteiger partial charge in [-0.1, -0.05) is 6.07 Å². The van der Waals surface area contributed by atoms with Crippen LogP contribution in [0.15, 0.2) is 16.9 Å². The van der Waals surface area contributed by atoms with Crippen LogP contribution in [0.4, 0.5) is 0 Å². The number of carbonyl (C=O) groups is 1. The summed E-state index contributed by atoms with van der Waals surface area (Å²) in [5.74, 6) is 0.275. The van der Waals surface area contributed by atoms with Gasteiger partial charge in [0.25, 0.3) is 0 Å². The first-order valence-electron chi connectivity index (χ1n) is 7.89. The van der Waals surface area contributed by atoms with Crippen molar-refractivity contribution >= 4 is 5.91 Å². The maximum atomic E-state index is 11.7. The van der Waals surface area contributed by atoms with Crippen LogP contribution in [0.25, 0.3) is 0 Å². The Morgan fingerprint density at radius 1 is 1.33 bits per heavy atom. The number of carbonyl (C=O) groups excluding carboxylic acids is 1. The number of fused-ring (bicyclic) bond motifs is 1. The van der Waals surface area contributed by atoms with Gasteiger partial charge in [-0.3, -0.25) is 9.59 Å². The topological polar surface area (TPSA) is 65.2 Å². The fourth-order valence-corrected chi connectivity index (χ4v) is 3.50. The second-order valence-electron chi connectivity index (χ2n) is 6.21. The highest BCUT2D eigenvalue weighted by atomic mass is 16.2. The van der Waals surface area contributed by atoms with E-state index in [4.69, 9.17) is 0 Å². The SMILES string of the molecule is CC(CN1CCCC1=O)NC1CCCc2[nH]c(=O)ccc21. The molecule has 0 saturated carbocycles. The Hall–Kier alpha value is -1.62. The lowest BCUT2D eigenvalue weighted by Crippen LogP contribution is -2.42. The Balaban J connectivity index is 1.65. The lowest BCUT2D eigenvalue weighted by atomic mass is 9.91. The number of aryl methyl sites for hydroxylation is 1. The van der Waals surface area contributed by atoms with E-state index in [2.05, 4.69) is 17.2 Å². The van der Waals surface area contributed by atoms with Gasteiger partial charge in [0.1, 0.15) is 0 Å². The van der Waals surface area contributed by atoms with Gasteiger partial charge >= 0.3 is 0 Å². The van der Waals surface area contributed by atoms with E-state index in [-0.39, 0.29) is 23.6 Å². The average Bonchev–Trinajstić information content (AvgIpc) is 2.84. The number of hydrogen-bond acceptors (Lipinski definition) is 3. The van der Waals surface area contributed by atoms with Crippen molar-refractivity contribution in [2.24, 2.45) is 0 Å². The van der Waals surface area contributed by atoms with Crippen molar-refractivity contribution in [3.05, 3.63) is 33.7 Å². The molecule has 5 heteroatoms. The van der Waals surface area contributed by atoms with E-state index in [9.17, 15) is 9.59 Å². The fraction of sp³-hybridized carbons (Fsp3) is 0.625. The standard InChI is InChI=1S/C16H23N3O2/c1-11(10-19-9-3-6-16(19)21)17-13-4-2-5-14-12(13)7-8-15(20)18-14/h7-8,11,13,17H,2-6,9-10H2,1H3,(H,18,20). The number of pyridine rings is 1. The highest BCUT2D eigenvalue weighted by Gasteiger charge is 2.25. The zero-order valence-corrected chi connectivity index (χ0v) is 12.5. The van der Waals surface area contributed by atoms with Gasteiger partial charge in [0.05, 0.1) is 0 Å². The first-order valence-corrected chi connectivity index (χ1v) is 7.89. The van der Waals surface area contributed by atoms with Crippen LogP contribution in [-0.2, 0) is 11.2 Å². The minimum Gasteiger partial charge on any atom is -0.341 e. The van der Waals surface area contributed by atoms with Crippen molar-refractivity contribution in [1.82, 2.24) is 15.2 Å². The zero-order valence-electron chi connectivity index (χ0n) is 12.5. The molecule has 3 rings (SSSR count). The number of nitrogens with one attached hydrogen (secondary N) is 2. The van der Waals surface area contributed by atoms with Crippen molar-refractivity contribution in [3.63, 3.8) is 0 Å². The van der Waals surface area contributed by atoms with Crippen molar-refractivity contribution in [3.8, 4) is 0 Å².